The molecule has 0 aromatic carbocycles. The summed E-state index contributed by atoms with van der Waals surface area (Å²) in [7, 11) is 0. The molecule has 2 rings (SSSR count). The van der Waals surface area contributed by atoms with Crippen LogP contribution in [0.4, 0.5) is 0 Å². The molecule has 2 aliphatic rings. The molecule has 1 unspecified atom stereocenters. The topological polar surface area (TPSA) is 24.5 Å². The van der Waals surface area contributed by atoms with Gasteiger partial charge >= 0.3 is 0 Å². The monoisotopic (exact) mass is 254 g/mol. The lowest BCUT2D eigenvalue weighted by Gasteiger charge is -2.49. The van der Waals surface area contributed by atoms with Crippen LogP contribution >= 0.6 is 0 Å². The second-order valence-electron chi connectivity index (χ2n) is 7.25. The molecule has 2 aliphatic heterocycles. The fourth-order valence-electron chi connectivity index (χ4n) is 3.08. The summed E-state index contributed by atoms with van der Waals surface area (Å²) < 4.78 is 5.70. The Bertz CT molecular complexity index is 270. The van der Waals surface area contributed by atoms with Crippen molar-refractivity contribution in [3.8, 4) is 0 Å². The minimum atomic E-state index is 0.249. The Labute approximate surface area is 112 Å². The number of ether oxygens (including phenoxy) is 1. The summed E-state index contributed by atoms with van der Waals surface area (Å²) in [6, 6.07) is 0. The third-order valence-electron chi connectivity index (χ3n) is 4.42. The van der Waals surface area contributed by atoms with E-state index in [1.165, 1.54) is 32.2 Å². The molecule has 0 saturated carbocycles. The summed E-state index contributed by atoms with van der Waals surface area (Å²) in [5.74, 6) is 0. The van der Waals surface area contributed by atoms with Gasteiger partial charge in [-0.05, 0) is 59.9 Å². The van der Waals surface area contributed by atoms with Crippen LogP contribution < -0.4 is 5.32 Å². The molecule has 1 N–H and O–H groups in total. The van der Waals surface area contributed by atoms with Crippen LogP contribution in [-0.4, -0.2) is 48.3 Å². The predicted molar refractivity (Wildman–Crippen MR) is 75.9 cm³/mol. The van der Waals surface area contributed by atoms with Crippen molar-refractivity contribution in [3.05, 3.63) is 0 Å². The lowest BCUT2D eigenvalue weighted by molar-refractivity contribution is 0.0322. The predicted octanol–water partition coefficient (Wildman–Crippen LogP) is 2.41. The average molecular weight is 254 g/mol. The molecule has 2 saturated heterocycles. The van der Waals surface area contributed by atoms with E-state index >= 15 is 0 Å². The van der Waals surface area contributed by atoms with Crippen LogP contribution in [0.2, 0.25) is 0 Å². The highest BCUT2D eigenvalue weighted by Crippen LogP contribution is 2.24. The van der Waals surface area contributed by atoms with E-state index in [4.69, 9.17) is 4.74 Å². The molecule has 106 valence electrons. The Kier molecular flexibility index (Phi) is 4.35. The smallest absolute Gasteiger partial charge is 0.0576 e. The largest absolute Gasteiger partial charge is 0.378 e. The molecule has 0 bridgehead atoms. The second kappa shape index (κ2) is 5.48. The molecular weight excluding hydrogens is 224 g/mol. The SMILES string of the molecule is CC1(C)CN(CCCC2CCCO2)C(C)(C)CN1. The minimum absolute atomic E-state index is 0.249. The highest BCUT2D eigenvalue weighted by molar-refractivity contribution is 4.97. The first-order valence-electron chi connectivity index (χ1n) is 7.51. The number of nitrogens with zero attached hydrogens (tertiary/aromatic N) is 1. The van der Waals surface area contributed by atoms with Crippen molar-refractivity contribution in [3.63, 3.8) is 0 Å². The lowest BCUT2D eigenvalue weighted by Crippen LogP contribution is -2.66. The van der Waals surface area contributed by atoms with Gasteiger partial charge in [-0.2, -0.15) is 0 Å². The molecule has 1 atom stereocenters. The Balaban J connectivity index is 1.78. The average Bonchev–Trinajstić information content (AvgIpc) is 2.77. The first kappa shape index (κ1) is 14.3. The van der Waals surface area contributed by atoms with E-state index in [9.17, 15) is 0 Å². The van der Waals surface area contributed by atoms with Crippen LogP contribution in [0.5, 0.6) is 0 Å². The zero-order valence-electron chi connectivity index (χ0n) is 12.6. The Morgan fingerprint density at radius 2 is 2.06 bits per heavy atom. The van der Waals surface area contributed by atoms with Crippen molar-refractivity contribution in [2.45, 2.75) is 70.6 Å². The van der Waals surface area contributed by atoms with Crippen LogP contribution in [0, 0.1) is 0 Å². The lowest BCUT2D eigenvalue weighted by atomic mass is 9.91. The molecular formula is C15H30N2O. The number of nitrogens with one attached hydrogen (secondary N) is 1. The van der Waals surface area contributed by atoms with Crippen molar-refractivity contribution < 1.29 is 4.74 Å². The molecule has 18 heavy (non-hydrogen) atoms. The van der Waals surface area contributed by atoms with Crippen molar-refractivity contribution in [2.24, 2.45) is 0 Å². The van der Waals surface area contributed by atoms with E-state index < -0.39 is 0 Å². The molecule has 2 heterocycles. The van der Waals surface area contributed by atoms with Gasteiger partial charge in [-0.15, -0.1) is 0 Å². The van der Waals surface area contributed by atoms with Gasteiger partial charge in [0.2, 0.25) is 0 Å². The van der Waals surface area contributed by atoms with Gasteiger partial charge in [0.25, 0.3) is 0 Å². The third-order valence-corrected chi connectivity index (χ3v) is 4.42. The molecule has 0 aromatic heterocycles. The summed E-state index contributed by atoms with van der Waals surface area (Å²) in [5, 5.41) is 3.64. The van der Waals surface area contributed by atoms with Crippen molar-refractivity contribution in [1.82, 2.24) is 10.2 Å². The fourth-order valence-corrected chi connectivity index (χ4v) is 3.08. The van der Waals surface area contributed by atoms with Gasteiger partial charge in [-0.1, -0.05) is 0 Å². The molecule has 0 aliphatic carbocycles. The van der Waals surface area contributed by atoms with Crippen LogP contribution in [0.3, 0.4) is 0 Å². The molecule has 0 aromatic rings. The Morgan fingerprint density at radius 1 is 1.28 bits per heavy atom. The Morgan fingerprint density at radius 3 is 2.72 bits per heavy atom. The zero-order chi connectivity index (χ0) is 13.2. The summed E-state index contributed by atoms with van der Waals surface area (Å²) in [6.07, 6.45) is 5.58. The maximum atomic E-state index is 5.70. The van der Waals surface area contributed by atoms with Gasteiger partial charge in [0, 0.05) is 30.8 Å². The highest BCUT2D eigenvalue weighted by Gasteiger charge is 2.37. The molecule has 0 radical (unpaired) electrons. The summed E-state index contributed by atoms with van der Waals surface area (Å²) in [5.41, 5.74) is 0.533. The quantitative estimate of drug-likeness (QED) is 0.834. The Hall–Kier alpha value is -0.120. The van der Waals surface area contributed by atoms with E-state index in [-0.39, 0.29) is 11.1 Å². The summed E-state index contributed by atoms with van der Waals surface area (Å²) in [4.78, 5) is 2.65. The summed E-state index contributed by atoms with van der Waals surface area (Å²) in [6.45, 7) is 13.7. The molecule has 3 heteroatoms. The normalized spacial score (nSPS) is 31.7. The number of rotatable bonds is 4. The minimum Gasteiger partial charge on any atom is -0.378 e. The zero-order valence-corrected chi connectivity index (χ0v) is 12.6. The highest BCUT2D eigenvalue weighted by atomic mass is 16.5. The number of hydrogen-bond donors (Lipinski definition) is 1. The van der Waals surface area contributed by atoms with Crippen molar-refractivity contribution >= 4 is 0 Å². The fraction of sp³-hybridized carbons (Fsp3) is 1.00. The van der Waals surface area contributed by atoms with E-state index in [0.29, 0.717) is 6.10 Å². The number of piperazine rings is 1. The van der Waals surface area contributed by atoms with E-state index in [1.807, 2.05) is 0 Å². The third kappa shape index (κ3) is 3.69. The maximum Gasteiger partial charge on any atom is 0.0576 e. The van der Waals surface area contributed by atoms with Gasteiger partial charge in [0.1, 0.15) is 0 Å². The van der Waals surface area contributed by atoms with Gasteiger partial charge in [-0.25, -0.2) is 0 Å². The van der Waals surface area contributed by atoms with E-state index in [2.05, 4.69) is 37.9 Å². The second-order valence-corrected chi connectivity index (χ2v) is 7.25. The first-order valence-corrected chi connectivity index (χ1v) is 7.51. The van der Waals surface area contributed by atoms with E-state index in [1.54, 1.807) is 0 Å². The van der Waals surface area contributed by atoms with Crippen LogP contribution in [0.1, 0.15) is 53.4 Å². The first-order chi connectivity index (χ1) is 8.39. The van der Waals surface area contributed by atoms with E-state index in [0.717, 1.165) is 19.7 Å². The molecule has 3 nitrogen and oxygen atoms in total. The molecule has 0 spiro atoms. The van der Waals surface area contributed by atoms with Gasteiger partial charge in [0.05, 0.1) is 6.10 Å². The molecule has 2 fully saturated rings. The molecule has 0 amide bonds. The van der Waals surface area contributed by atoms with Crippen LogP contribution in [0.25, 0.3) is 0 Å². The van der Waals surface area contributed by atoms with Crippen molar-refractivity contribution in [1.29, 1.82) is 0 Å². The van der Waals surface area contributed by atoms with Crippen LogP contribution in [0.15, 0.2) is 0 Å². The van der Waals surface area contributed by atoms with Gasteiger partial charge in [-0.3, -0.25) is 4.90 Å². The summed E-state index contributed by atoms with van der Waals surface area (Å²) >= 11 is 0. The van der Waals surface area contributed by atoms with Gasteiger partial charge in [0.15, 0.2) is 0 Å². The van der Waals surface area contributed by atoms with Gasteiger partial charge < -0.3 is 10.1 Å². The number of hydrogen-bond acceptors (Lipinski definition) is 3. The maximum absolute atomic E-state index is 5.70. The van der Waals surface area contributed by atoms with Crippen LogP contribution in [-0.2, 0) is 4.74 Å². The van der Waals surface area contributed by atoms with Crippen molar-refractivity contribution in [2.75, 3.05) is 26.2 Å². The standard InChI is InChI=1S/C15H30N2O/c1-14(2)12-17(15(3,4)11-16-14)9-5-7-13-8-6-10-18-13/h13,16H,5-12H2,1-4H3.